The van der Waals surface area contributed by atoms with Crippen LogP contribution in [-0.4, -0.2) is 49.1 Å². The van der Waals surface area contributed by atoms with E-state index in [-0.39, 0.29) is 0 Å². The van der Waals surface area contributed by atoms with Crippen molar-refractivity contribution in [2.24, 2.45) is 0 Å². The summed E-state index contributed by atoms with van der Waals surface area (Å²) in [5.74, 6) is 2.13. The molecule has 0 saturated carbocycles. The van der Waals surface area contributed by atoms with Crippen molar-refractivity contribution in [2.75, 3.05) is 0 Å². The van der Waals surface area contributed by atoms with Crippen LogP contribution < -0.4 is 0 Å². The van der Waals surface area contributed by atoms with Gasteiger partial charge in [-0.15, -0.1) is 0 Å². The molecule has 0 aromatic heterocycles. The predicted octanol–water partition coefficient (Wildman–Crippen LogP) is 6.59. The fraction of sp³-hybridized carbons (Fsp3) is 0.889. The minimum absolute atomic E-state index is 1.02. The molecule has 2 fully saturated rings. The Morgan fingerprint density at radius 1 is 0.810 bits per heavy atom. The van der Waals surface area contributed by atoms with Gasteiger partial charge in [-0.05, 0) is 0 Å². The number of allylic oxidation sites excluding steroid dienone is 1. The van der Waals surface area contributed by atoms with E-state index in [0.717, 1.165) is 18.3 Å². The SMILES string of the molecule is CCC(B1C2CCCC1CCC2)=[C]([Pb]([CH3])([CH3])[CH3])[Pb]([CH3])([CH3])[CH3]. The zero-order valence-electron chi connectivity index (χ0n) is 15.7. The van der Waals surface area contributed by atoms with Gasteiger partial charge in [0.2, 0.25) is 0 Å². The maximum atomic E-state index is 2.71. The van der Waals surface area contributed by atoms with E-state index in [9.17, 15) is 0 Å². The molecule has 2 rings (SSSR count). The van der Waals surface area contributed by atoms with Gasteiger partial charge in [-0.3, -0.25) is 0 Å². The summed E-state index contributed by atoms with van der Waals surface area (Å²) in [5.41, 5.74) is 2.05. The molecular weight excluding hydrogens is 641 g/mol. The van der Waals surface area contributed by atoms with Gasteiger partial charge in [0.15, 0.2) is 0 Å². The van der Waals surface area contributed by atoms with Crippen LogP contribution in [0.3, 0.4) is 0 Å². The van der Waals surface area contributed by atoms with Crippen LogP contribution >= 0.6 is 0 Å². The Morgan fingerprint density at radius 2 is 1.19 bits per heavy atom. The van der Waals surface area contributed by atoms with Crippen LogP contribution in [0, 0.1) is 0 Å². The number of rotatable bonds is 4. The van der Waals surface area contributed by atoms with E-state index in [0.29, 0.717) is 0 Å². The van der Waals surface area contributed by atoms with E-state index in [2.05, 4.69) is 34.5 Å². The van der Waals surface area contributed by atoms with Gasteiger partial charge in [-0.1, -0.05) is 0 Å². The molecule has 21 heavy (non-hydrogen) atoms. The molecule has 0 N–H and O–H groups in total. The molecule has 0 radical (unpaired) electrons. The molecule has 3 heteroatoms. The molecule has 0 atom stereocenters. The van der Waals surface area contributed by atoms with Crippen LogP contribution in [0.2, 0.25) is 38.5 Å². The molecule has 2 heterocycles. The Bertz CT molecular complexity index is 362. The zero-order valence-corrected chi connectivity index (χ0v) is 23.5. The molecule has 2 saturated heterocycles. The van der Waals surface area contributed by atoms with Gasteiger partial charge in [-0.2, -0.15) is 0 Å². The maximum absolute atomic E-state index is 2.71. The summed E-state index contributed by atoms with van der Waals surface area (Å²) in [7, 11) is 0. The van der Waals surface area contributed by atoms with Crippen LogP contribution in [0.15, 0.2) is 6.16 Å². The van der Waals surface area contributed by atoms with Crippen molar-refractivity contribution >= 4 is 49.1 Å². The van der Waals surface area contributed by atoms with Crippen LogP contribution in [0.1, 0.15) is 51.9 Å². The van der Waals surface area contributed by atoms with E-state index in [1.54, 1.807) is 25.7 Å². The molecule has 0 spiro atoms. The second-order valence-corrected chi connectivity index (χ2v) is 56.1. The first-order chi connectivity index (χ1) is 9.66. The molecular formula is C18H37BPb2. The quantitative estimate of drug-likeness (QED) is 0.295. The second kappa shape index (κ2) is 7.26. The van der Waals surface area contributed by atoms with Gasteiger partial charge in [0.25, 0.3) is 0 Å². The van der Waals surface area contributed by atoms with Crippen molar-refractivity contribution in [2.45, 2.75) is 90.4 Å². The third-order valence-electron chi connectivity index (χ3n) is 5.92. The monoisotopic (exact) mass is 680 g/mol. The summed E-state index contributed by atoms with van der Waals surface area (Å²) in [6, 6.07) is 0. The average Bonchev–Trinajstić information content (AvgIpc) is 2.31. The molecule has 0 aliphatic carbocycles. The van der Waals surface area contributed by atoms with Gasteiger partial charge in [0.1, 0.15) is 0 Å². The van der Waals surface area contributed by atoms with Crippen molar-refractivity contribution < 1.29 is 0 Å². The van der Waals surface area contributed by atoms with Gasteiger partial charge < -0.3 is 0 Å². The first kappa shape index (κ1) is 19.0. The van der Waals surface area contributed by atoms with Crippen LogP contribution in [0.5, 0.6) is 0 Å². The average molecular weight is 679 g/mol. The van der Waals surface area contributed by atoms with E-state index in [1.165, 1.54) is 19.3 Å². The van der Waals surface area contributed by atoms with Crippen LogP contribution in [0.4, 0.5) is 0 Å². The van der Waals surface area contributed by atoms with Gasteiger partial charge in [0, 0.05) is 0 Å². The Labute approximate surface area is 144 Å². The van der Waals surface area contributed by atoms with Gasteiger partial charge in [-0.25, -0.2) is 0 Å². The number of hydrogen-bond donors (Lipinski definition) is 0. The molecule has 0 amide bonds. The van der Waals surface area contributed by atoms with E-state index >= 15 is 0 Å². The van der Waals surface area contributed by atoms with E-state index in [4.69, 9.17) is 0 Å². The second-order valence-electron chi connectivity index (χ2n) is 9.66. The summed E-state index contributed by atoms with van der Waals surface area (Å²) < 4.78 is 18.5. The van der Waals surface area contributed by atoms with Crippen LogP contribution in [0.25, 0.3) is 0 Å². The Morgan fingerprint density at radius 3 is 1.48 bits per heavy atom. The number of hydrogen-bond acceptors (Lipinski definition) is 0. The molecule has 0 unspecified atom stereocenters. The molecule has 0 nitrogen and oxygen atoms in total. The normalized spacial score (nSPS) is 26.7. The molecule has 0 aromatic rings. The molecule has 2 aliphatic heterocycles. The summed E-state index contributed by atoms with van der Waals surface area (Å²) in [6.45, 7) is 3.50. The fourth-order valence-electron chi connectivity index (χ4n) is 5.91. The molecule has 0 aromatic carbocycles. The van der Waals surface area contributed by atoms with Gasteiger partial charge in [0.05, 0.1) is 0 Å². The van der Waals surface area contributed by atoms with Crippen LogP contribution in [-0.2, 0) is 0 Å². The standard InChI is InChI=1S/C12H19B.6CH3.2Pb/c1-3-10(2)13-11-6-4-7-12(13)9-5-8-11;;;;;;;;/h11-12H,3-9H2,1H3;6*1H3;;. The third kappa shape index (κ3) is 4.39. The Balaban J connectivity index is 2.51. The Kier molecular flexibility index (Phi) is 6.56. The van der Waals surface area contributed by atoms with E-state index < -0.39 is 42.3 Å². The fourth-order valence-corrected chi connectivity index (χ4v) is 102. The Hall–Kier alpha value is 1.65. The first-order valence-electron chi connectivity index (χ1n) is 9.40. The molecule has 2 bridgehead atoms. The first-order valence-corrected chi connectivity index (χ1v) is 36.6. The van der Waals surface area contributed by atoms with Crippen molar-refractivity contribution in [3.05, 3.63) is 6.16 Å². The van der Waals surface area contributed by atoms with Crippen molar-refractivity contribution in [3.8, 4) is 0 Å². The van der Waals surface area contributed by atoms with Gasteiger partial charge >= 0.3 is 146 Å². The summed E-state index contributed by atoms with van der Waals surface area (Å²) in [5, 5.41) is 0. The molecule has 120 valence electrons. The molecule has 2 aliphatic rings. The number of fused-ring (bicyclic) bond motifs is 2. The summed E-state index contributed by atoms with van der Waals surface area (Å²) >= 11 is -4.19. The predicted molar refractivity (Wildman–Crippen MR) is 105 cm³/mol. The summed E-state index contributed by atoms with van der Waals surface area (Å²) in [6.07, 6.45) is 10.6. The van der Waals surface area contributed by atoms with Crippen molar-refractivity contribution in [1.29, 1.82) is 0 Å². The third-order valence-corrected chi connectivity index (χ3v) is 71.2. The van der Waals surface area contributed by atoms with Crippen molar-refractivity contribution in [1.82, 2.24) is 0 Å². The zero-order chi connectivity index (χ0) is 15.8. The van der Waals surface area contributed by atoms with Crippen molar-refractivity contribution in [3.63, 3.8) is 0 Å². The topological polar surface area (TPSA) is 0 Å². The van der Waals surface area contributed by atoms with E-state index in [1.807, 2.05) is 5.47 Å². The summed E-state index contributed by atoms with van der Waals surface area (Å²) in [4.78, 5) is 0. The minimum atomic E-state index is -2.10.